The molecule has 0 aromatic heterocycles. The maximum absolute atomic E-state index is 5.54. The second-order valence-electron chi connectivity index (χ2n) is 5.38. The average molecular weight is 379 g/mol. The molecule has 3 aromatic carbocycles. The maximum Gasteiger partial charge on any atom is 0.119 e. The summed E-state index contributed by atoms with van der Waals surface area (Å²) >= 11 is 3.83. The lowest BCUT2D eigenvalue weighted by atomic mass is 9.95. The molecule has 0 radical (unpaired) electrons. The van der Waals surface area contributed by atoms with Crippen LogP contribution in [0.3, 0.4) is 0 Å². The first kappa shape index (κ1) is 16.5. The van der Waals surface area contributed by atoms with Gasteiger partial charge < -0.3 is 4.74 Å². The van der Waals surface area contributed by atoms with Crippen LogP contribution in [0.25, 0.3) is 10.1 Å². The van der Waals surface area contributed by atoms with E-state index >= 15 is 0 Å². The van der Waals surface area contributed by atoms with E-state index in [2.05, 4.69) is 76.6 Å². The second-order valence-corrected chi connectivity index (χ2v) is 6.17. The SMILES string of the molecule is CCOc1ccc(C(Br)=C(c2ccccc2)c2ccccc2)cc1. The molecule has 24 heavy (non-hydrogen) atoms. The molecule has 0 aliphatic carbocycles. The summed E-state index contributed by atoms with van der Waals surface area (Å²) in [5, 5.41) is 0. The van der Waals surface area contributed by atoms with Gasteiger partial charge in [0.2, 0.25) is 0 Å². The molecule has 0 unspecified atom stereocenters. The Morgan fingerprint density at radius 2 is 1.21 bits per heavy atom. The fourth-order valence-corrected chi connectivity index (χ4v) is 3.36. The van der Waals surface area contributed by atoms with Crippen molar-refractivity contribution in [1.82, 2.24) is 0 Å². The van der Waals surface area contributed by atoms with Gasteiger partial charge in [-0.3, -0.25) is 0 Å². The van der Waals surface area contributed by atoms with Crippen LogP contribution in [0, 0.1) is 0 Å². The fraction of sp³-hybridized carbons (Fsp3) is 0.0909. The Balaban J connectivity index is 2.11. The van der Waals surface area contributed by atoms with E-state index in [1.54, 1.807) is 0 Å². The third-order valence-corrected chi connectivity index (χ3v) is 4.62. The minimum absolute atomic E-state index is 0.676. The van der Waals surface area contributed by atoms with Crippen LogP contribution in [0.1, 0.15) is 23.6 Å². The van der Waals surface area contributed by atoms with E-state index in [4.69, 9.17) is 4.74 Å². The number of halogens is 1. The first-order valence-electron chi connectivity index (χ1n) is 8.03. The molecule has 0 aliphatic rings. The topological polar surface area (TPSA) is 9.23 Å². The van der Waals surface area contributed by atoms with E-state index in [0.717, 1.165) is 15.8 Å². The second kappa shape index (κ2) is 7.98. The van der Waals surface area contributed by atoms with Gasteiger partial charge in [0.1, 0.15) is 5.75 Å². The van der Waals surface area contributed by atoms with Crippen molar-refractivity contribution in [2.45, 2.75) is 6.92 Å². The van der Waals surface area contributed by atoms with Crippen LogP contribution in [0.15, 0.2) is 84.9 Å². The van der Waals surface area contributed by atoms with Gasteiger partial charge in [0.15, 0.2) is 0 Å². The number of hydrogen-bond acceptors (Lipinski definition) is 1. The van der Waals surface area contributed by atoms with Crippen molar-refractivity contribution >= 4 is 26.0 Å². The molecule has 0 atom stereocenters. The molecule has 3 rings (SSSR count). The van der Waals surface area contributed by atoms with Gasteiger partial charge >= 0.3 is 0 Å². The first-order valence-corrected chi connectivity index (χ1v) is 8.82. The molecule has 0 saturated carbocycles. The van der Waals surface area contributed by atoms with Gasteiger partial charge in [-0.05, 0) is 51.7 Å². The maximum atomic E-state index is 5.54. The van der Waals surface area contributed by atoms with Crippen LogP contribution >= 0.6 is 15.9 Å². The predicted octanol–water partition coefficient (Wildman–Crippen LogP) is 6.40. The van der Waals surface area contributed by atoms with Crippen LogP contribution in [0.4, 0.5) is 0 Å². The molecule has 0 bridgehead atoms. The van der Waals surface area contributed by atoms with Crippen molar-refractivity contribution in [3.8, 4) is 5.75 Å². The zero-order valence-corrected chi connectivity index (χ0v) is 15.2. The summed E-state index contributed by atoms with van der Waals surface area (Å²) in [6.07, 6.45) is 0. The van der Waals surface area contributed by atoms with Crippen LogP contribution in [-0.4, -0.2) is 6.61 Å². The highest BCUT2D eigenvalue weighted by atomic mass is 79.9. The van der Waals surface area contributed by atoms with Crippen LogP contribution < -0.4 is 4.74 Å². The minimum Gasteiger partial charge on any atom is -0.494 e. The van der Waals surface area contributed by atoms with Crippen molar-refractivity contribution in [2.75, 3.05) is 6.61 Å². The Morgan fingerprint density at radius 1 is 0.708 bits per heavy atom. The Bertz CT molecular complexity index is 764. The van der Waals surface area contributed by atoms with Gasteiger partial charge in [0.05, 0.1) is 6.61 Å². The highest BCUT2D eigenvalue weighted by Crippen LogP contribution is 2.36. The zero-order chi connectivity index (χ0) is 16.8. The summed E-state index contributed by atoms with van der Waals surface area (Å²) in [4.78, 5) is 0. The first-order chi connectivity index (χ1) is 11.8. The van der Waals surface area contributed by atoms with Crippen molar-refractivity contribution < 1.29 is 4.74 Å². The fourth-order valence-electron chi connectivity index (χ4n) is 2.64. The van der Waals surface area contributed by atoms with Crippen LogP contribution in [0.5, 0.6) is 5.75 Å². The molecule has 3 aromatic rings. The van der Waals surface area contributed by atoms with E-state index in [1.165, 1.54) is 16.7 Å². The van der Waals surface area contributed by atoms with Gasteiger partial charge in [-0.15, -0.1) is 0 Å². The lowest BCUT2D eigenvalue weighted by Gasteiger charge is -2.13. The van der Waals surface area contributed by atoms with Gasteiger partial charge in [0, 0.05) is 10.1 Å². The highest BCUT2D eigenvalue weighted by Gasteiger charge is 2.11. The number of hydrogen-bond donors (Lipinski definition) is 0. The minimum atomic E-state index is 0.676. The van der Waals surface area contributed by atoms with Gasteiger partial charge in [-0.2, -0.15) is 0 Å². The predicted molar refractivity (Wildman–Crippen MR) is 105 cm³/mol. The summed E-state index contributed by atoms with van der Waals surface area (Å²) in [6, 6.07) is 29.1. The monoisotopic (exact) mass is 378 g/mol. The Labute approximate surface area is 151 Å². The van der Waals surface area contributed by atoms with Crippen molar-refractivity contribution in [3.05, 3.63) is 102 Å². The van der Waals surface area contributed by atoms with Crippen LogP contribution in [-0.2, 0) is 0 Å². The Hall–Kier alpha value is -2.32. The Morgan fingerprint density at radius 3 is 1.67 bits per heavy atom. The quantitative estimate of drug-likeness (QED) is 0.466. The Kier molecular flexibility index (Phi) is 5.50. The van der Waals surface area contributed by atoms with E-state index in [9.17, 15) is 0 Å². The molecule has 0 heterocycles. The van der Waals surface area contributed by atoms with Gasteiger partial charge in [-0.25, -0.2) is 0 Å². The molecule has 120 valence electrons. The lowest BCUT2D eigenvalue weighted by Crippen LogP contribution is -1.93. The molecule has 0 spiro atoms. The lowest BCUT2D eigenvalue weighted by molar-refractivity contribution is 0.340. The van der Waals surface area contributed by atoms with E-state index in [0.29, 0.717) is 6.61 Å². The van der Waals surface area contributed by atoms with Crippen molar-refractivity contribution in [2.24, 2.45) is 0 Å². The largest absolute Gasteiger partial charge is 0.494 e. The molecule has 0 saturated heterocycles. The zero-order valence-electron chi connectivity index (χ0n) is 13.6. The van der Waals surface area contributed by atoms with Crippen LogP contribution in [0.2, 0.25) is 0 Å². The van der Waals surface area contributed by atoms with Gasteiger partial charge in [-0.1, -0.05) is 72.8 Å². The summed E-state index contributed by atoms with van der Waals surface area (Å²) in [7, 11) is 0. The molecule has 2 heteroatoms. The molecular weight excluding hydrogens is 360 g/mol. The molecule has 0 N–H and O–H groups in total. The van der Waals surface area contributed by atoms with Gasteiger partial charge in [0.25, 0.3) is 0 Å². The molecule has 0 amide bonds. The highest BCUT2D eigenvalue weighted by molar-refractivity contribution is 9.15. The van der Waals surface area contributed by atoms with E-state index < -0.39 is 0 Å². The third kappa shape index (κ3) is 3.77. The molecule has 0 fully saturated rings. The van der Waals surface area contributed by atoms with Crippen molar-refractivity contribution in [1.29, 1.82) is 0 Å². The third-order valence-electron chi connectivity index (χ3n) is 3.76. The molecule has 1 nitrogen and oxygen atoms in total. The summed E-state index contributed by atoms with van der Waals surface area (Å²) < 4.78 is 6.61. The standard InChI is InChI=1S/C22H19BrO/c1-2-24-20-15-13-19(14-16-20)22(23)21(17-9-5-3-6-10-17)18-11-7-4-8-12-18/h3-16H,2H2,1H3. The smallest absolute Gasteiger partial charge is 0.119 e. The number of rotatable bonds is 5. The summed E-state index contributed by atoms with van der Waals surface area (Å²) in [5.41, 5.74) is 4.68. The molecular formula is C22H19BrO. The van der Waals surface area contributed by atoms with Crippen molar-refractivity contribution in [3.63, 3.8) is 0 Å². The summed E-state index contributed by atoms with van der Waals surface area (Å²) in [5.74, 6) is 0.891. The number of benzene rings is 3. The summed E-state index contributed by atoms with van der Waals surface area (Å²) in [6.45, 7) is 2.67. The van der Waals surface area contributed by atoms with E-state index in [1.807, 2.05) is 31.2 Å². The number of ether oxygens (including phenoxy) is 1. The normalized spacial score (nSPS) is 10.2. The van der Waals surface area contributed by atoms with E-state index in [-0.39, 0.29) is 0 Å². The molecule has 0 aliphatic heterocycles. The average Bonchev–Trinajstić information content (AvgIpc) is 2.64.